The van der Waals surface area contributed by atoms with Gasteiger partial charge < -0.3 is 20.3 Å². The molecule has 1 aliphatic heterocycles. The second-order valence-corrected chi connectivity index (χ2v) is 7.12. The molecule has 9 heteroatoms. The van der Waals surface area contributed by atoms with E-state index in [1.54, 1.807) is 19.2 Å². The number of likely N-dealkylation sites (tertiary alicyclic amines) is 1. The van der Waals surface area contributed by atoms with Crippen LogP contribution in [0.4, 0.5) is 5.69 Å². The number of hydrogen-bond acceptors (Lipinski definition) is 5. The average Bonchev–Trinajstić information content (AvgIpc) is 2.71. The number of guanidine groups is 1. The second kappa shape index (κ2) is 14.5. The predicted octanol–water partition coefficient (Wildman–Crippen LogP) is 3.16. The molecule has 0 aromatic heterocycles. The van der Waals surface area contributed by atoms with Crippen LogP contribution in [0.1, 0.15) is 38.2 Å². The molecule has 8 nitrogen and oxygen atoms in total. The van der Waals surface area contributed by atoms with Crippen LogP contribution in [0, 0.1) is 10.1 Å². The molecule has 0 atom stereocenters. The number of methoxy groups -OCH3 is 1. The van der Waals surface area contributed by atoms with Gasteiger partial charge in [0.1, 0.15) is 0 Å². The Morgan fingerprint density at radius 2 is 2.00 bits per heavy atom. The Morgan fingerprint density at radius 3 is 2.59 bits per heavy atom. The lowest BCUT2D eigenvalue weighted by Crippen LogP contribution is -2.49. The summed E-state index contributed by atoms with van der Waals surface area (Å²) in [6.45, 7) is 7.59. The van der Waals surface area contributed by atoms with E-state index >= 15 is 0 Å². The summed E-state index contributed by atoms with van der Waals surface area (Å²) in [4.78, 5) is 17.6. The van der Waals surface area contributed by atoms with Gasteiger partial charge in [0.15, 0.2) is 5.96 Å². The summed E-state index contributed by atoms with van der Waals surface area (Å²) in [5.41, 5.74) is 1.05. The number of non-ortho nitro benzene ring substituents is 1. The number of nitrogens with one attached hydrogen (secondary N) is 2. The van der Waals surface area contributed by atoms with Gasteiger partial charge in [-0.3, -0.25) is 10.1 Å². The topological polar surface area (TPSA) is 92.0 Å². The van der Waals surface area contributed by atoms with Crippen molar-refractivity contribution >= 4 is 35.6 Å². The molecule has 1 fully saturated rings. The van der Waals surface area contributed by atoms with Crippen molar-refractivity contribution < 1.29 is 9.66 Å². The van der Waals surface area contributed by atoms with Crippen molar-refractivity contribution in [1.29, 1.82) is 0 Å². The van der Waals surface area contributed by atoms with Crippen LogP contribution in [0.2, 0.25) is 0 Å². The highest BCUT2D eigenvalue weighted by Crippen LogP contribution is 2.13. The Balaban J connectivity index is 0.00000420. The largest absolute Gasteiger partial charge is 0.385 e. The van der Waals surface area contributed by atoms with E-state index in [-0.39, 0.29) is 34.6 Å². The first kappa shape index (κ1) is 25.6. The number of halogens is 1. The van der Waals surface area contributed by atoms with Gasteiger partial charge in [-0.1, -0.05) is 19.1 Å². The van der Waals surface area contributed by atoms with Crippen molar-refractivity contribution in [2.75, 3.05) is 39.9 Å². The lowest BCUT2D eigenvalue weighted by molar-refractivity contribution is -0.384. The van der Waals surface area contributed by atoms with E-state index in [1.165, 1.54) is 25.1 Å². The fraction of sp³-hybridized carbons (Fsp3) is 0.650. The number of ether oxygens (including phenoxy) is 1. The van der Waals surface area contributed by atoms with Gasteiger partial charge in [0, 0.05) is 51.5 Å². The third kappa shape index (κ3) is 9.72. The number of aliphatic imine (C=N–C) groups is 1. The minimum absolute atomic E-state index is 0. The summed E-state index contributed by atoms with van der Waals surface area (Å²) in [7, 11) is 1.70. The molecule has 164 valence electrons. The second-order valence-electron chi connectivity index (χ2n) is 7.12. The van der Waals surface area contributed by atoms with Gasteiger partial charge in [-0.15, -0.1) is 24.0 Å². The van der Waals surface area contributed by atoms with Gasteiger partial charge in [-0.25, -0.2) is 4.99 Å². The van der Waals surface area contributed by atoms with Crippen LogP contribution < -0.4 is 10.6 Å². The summed E-state index contributed by atoms with van der Waals surface area (Å²) in [6.07, 6.45) is 4.32. The Morgan fingerprint density at radius 1 is 1.31 bits per heavy atom. The molecule has 1 aromatic rings. The van der Waals surface area contributed by atoms with Gasteiger partial charge in [0.2, 0.25) is 0 Å². The van der Waals surface area contributed by atoms with Crippen LogP contribution in [-0.2, 0) is 11.3 Å². The zero-order valence-corrected chi connectivity index (χ0v) is 19.8. The quantitative estimate of drug-likeness (QED) is 0.123. The summed E-state index contributed by atoms with van der Waals surface area (Å²) in [5.74, 6) is 0.795. The molecule has 2 rings (SSSR count). The number of nitro groups is 1. The first-order valence-corrected chi connectivity index (χ1v) is 10.1. The summed E-state index contributed by atoms with van der Waals surface area (Å²) >= 11 is 0. The molecule has 0 radical (unpaired) electrons. The predicted molar refractivity (Wildman–Crippen MR) is 127 cm³/mol. The number of rotatable bonds is 10. The van der Waals surface area contributed by atoms with Crippen LogP contribution >= 0.6 is 24.0 Å². The normalized spacial score (nSPS) is 15.6. The summed E-state index contributed by atoms with van der Waals surface area (Å²) in [5, 5.41) is 17.7. The fourth-order valence-corrected chi connectivity index (χ4v) is 3.28. The first-order chi connectivity index (χ1) is 13.6. The molecule has 0 unspecified atom stereocenters. The van der Waals surface area contributed by atoms with Crippen molar-refractivity contribution in [3.8, 4) is 0 Å². The van der Waals surface area contributed by atoms with Gasteiger partial charge in [-0.2, -0.15) is 0 Å². The SMILES string of the molecule is CCCN1CCC(NC(=NCc2ccc([N+](=O)[O-])cc2)NCCCOC)CC1.I. The molecular weight excluding hydrogens is 485 g/mol. The standard InChI is InChI=1S/C20H33N5O3.HI/c1-3-12-24-13-9-18(10-14-24)23-20(21-11-4-15-28-2)22-16-17-5-7-19(8-6-17)25(26)27;/h5-8,18H,3-4,9-16H2,1-2H3,(H2,21,22,23);1H. The highest BCUT2D eigenvalue weighted by atomic mass is 127. The number of nitro benzene ring substituents is 1. The molecular formula is C20H34IN5O3. The molecule has 29 heavy (non-hydrogen) atoms. The minimum Gasteiger partial charge on any atom is -0.385 e. The van der Waals surface area contributed by atoms with Gasteiger partial charge >= 0.3 is 0 Å². The van der Waals surface area contributed by atoms with E-state index in [0.29, 0.717) is 19.2 Å². The molecule has 1 heterocycles. The van der Waals surface area contributed by atoms with Crippen LogP contribution in [-0.4, -0.2) is 61.7 Å². The fourth-order valence-electron chi connectivity index (χ4n) is 3.28. The highest BCUT2D eigenvalue weighted by Gasteiger charge is 2.19. The maximum atomic E-state index is 10.8. The monoisotopic (exact) mass is 519 g/mol. The molecule has 0 aliphatic carbocycles. The smallest absolute Gasteiger partial charge is 0.269 e. The highest BCUT2D eigenvalue weighted by molar-refractivity contribution is 14.0. The number of benzene rings is 1. The zero-order chi connectivity index (χ0) is 20.2. The molecule has 1 aliphatic rings. The number of piperidine rings is 1. The Labute approximate surface area is 190 Å². The van der Waals surface area contributed by atoms with Crippen LogP contribution in [0.5, 0.6) is 0 Å². The Bertz CT molecular complexity index is 619. The van der Waals surface area contributed by atoms with Crippen molar-refractivity contribution in [2.45, 2.75) is 45.2 Å². The molecule has 2 N–H and O–H groups in total. The van der Waals surface area contributed by atoms with Gasteiger partial charge in [0.05, 0.1) is 11.5 Å². The van der Waals surface area contributed by atoms with Gasteiger partial charge in [0.25, 0.3) is 5.69 Å². The summed E-state index contributed by atoms with van der Waals surface area (Å²) in [6, 6.07) is 6.97. The van der Waals surface area contributed by atoms with Crippen molar-refractivity contribution in [2.24, 2.45) is 4.99 Å². The molecule has 1 aromatic carbocycles. The molecule has 0 saturated carbocycles. The van der Waals surface area contributed by atoms with E-state index < -0.39 is 0 Å². The van der Waals surface area contributed by atoms with Crippen molar-refractivity contribution in [3.05, 3.63) is 39.9 Å². The zero-order valence-electron chi connectivity index (χ0n) is 17.4. The van der Waals surface area contributed by atoms with Crippen LogP contribution in [0.25, 0.3) is 0 Å². The maximum Gasteiger partial charge on any atom is 0.269 e. The number of nitrogens with zero attached hydrogens (tertiary/aromatic N) is 3. The molecule has 0 spiro atoms. The Kier molecular flexibility index (Phi) is 12.8. The summed E-state index contributed by atoms with van der Waals surface area (Å²) < 4.78 is 5.11. The van der Waals surface area contributed by atoms with E-state index in [2.05, 4.69) is 27.4 Å². The van der Waals surface area contributed by atoms with Crippen LogP contribution in [0.3, 0.4) is 0 Å². The third-order valence-corrected chi connectivity index (χ3v) is 4.85. The first-order valence-electron chi connectivity index (χ1n) is 10.1. The third-order valence-electron chi connectivity index (χ3n) is 4.85. The number of hydrogen-bond donors (Lipinski definition) is 2. The minimum atomic E-state index is -0.387. The van der Waals surface area contributed by atoms with E-state index in [9.17, 15) is 10.1 Å². The van der Waals surface area contributed by atoms with Crippen molar-refractivity contribution in [3.63, 3.8) is 0 Å². The van der Waals surface area contributed by atoms with Crippen molar-refractivity contribution in [1.82, 2.24) is 15.5 Å². The van der Waals surface area contributed by atoms with E-state index in [4.69, 9.17) is 4.74 Å². The Hall–Kier alpha value is -1.46. The lowest BCUT2D eigenvalue weighted by Gasteiger charge is -2.32. The van der Waals surface area contributed by atoms with E-state index in [0.717, 1.165) is 50.4 Å². The molecule has 0 bridgehead atoms. The van der Waals surface area contributed by atoms with Crippen LogP contribution in [0.15, 0.2) is 29.3 Å². The van der Waals surface area contributed by atoms with Gasteiger partial charge in [-0.05, 0) is 37.8 Å². The molecule has 1 saturated heterocycles. The molecule has 0 amide bonds. The lowest BCUT2D eigenvalue weighted by atomic mass is 10.1. The maximum absolute atomic E-state index is 10.8. The van der Waals surface area contributed by atoms with E-state index in [1.807, 2.05) is 0 Å². The average molecular weight is 519 g/mol.